The van der Waals surface area contributed by atoms with Crippen LogP contribution < -0.4 is 0 Å². The van der Waals surface area contributed by atoms with Crippen molar-refractivity contribution in [3.8, 4) is 0 Å². The van der Waals surface area contributed by atoms with Crippen molar-refractivity contribution in [3.63, 3.8) is 0 Å². The fourth-order valence-corrected chi connectivity index (χ4v) is 1.96. The van der Waals surface area contributed by atoms with Crippen LogP contribution in [0.25, 0.3) is 0 Å². The van der Waals surface area contributed by atoms with Crippen LogP contribution in [0.4, 0.5) is 0 Å². The lowest BCUT2D eigenvalue weighted by atomic mass is 10.1. The lowest BCUT2D eigenvalue weighted by Gasteiger charge is -2.00. The minimum atomic E-state index is -3.20. The summed E-state index contributed by atoms with van der Waals surface area (Å²) in [7, 11) is -3.20. The van der Waals surface area contributed by atoms with Gasteiger partial charge in [-0.05, 0) is 12.5 Å². The molecule has 0 aliphatic heterocycles. The molecular weight excluding hydrogens is 212 g/mol. The largest absolute Gasteiger partial charge is 0.298 e. The molecule has 15 heavy (non-hydrogen) atoms. The number of rotatable bonds is 4. The number of ketones is 1. The van der Waals surface area contributed by atoms with E-state index in [0.717, 1.165) is 17.4 Å². The molecule has 0 unspecified atom stereocenters. The van der Waals surface area contributed by atoms with Crippen molar-refractivity contribution in [2.75, 3.05) is 12.0 Å². The van der Waals surface area contributed by atoms with Gasteiger partial charge in [-0.1, -0.05) is 29.8 Å². The number of aryl methyl sites for hydroxylation is 1. The van der Waals surface area contributed by atoms with Crippen LogP contribution >= 0.6 is 0 Å². The number of hydrogen-bond donors (Lipinski definition) is 0. The average Bonchev–Trinajstić information content (AvgIpc) is 2.05. The zero-order chi connectivity index (χ0) is 11.5. The van der Waals surface area contributed by atoms with Crippen molar-refractivity contribution in [2.45, 2.75) is 13.3 Å². The molecule has 1 rings (SSSR count). The maximum absolute atomic E-state index is 11.3. The third kappa shape index (κ3) is 4.74. The second kappa shape index (κ2) is 4.57. The topological polar surface area (TPSA) is 51.2 Å². The summed E-state index contributed by atoms with van der Waals surface area (Å²) in [5.74, 6) is -0.637. The fraction of sp³-hybridized carbons (Fsp3) is 0.364. The van der Waals surface area contributed by atoms with Crippen LogP contribution in [0.15, 0.2) is 24.3 Å². The predicted molar refractivity (Wildman–Crippen MR) is 59.6 cm³/mol. The molecule has 0 fully saturated rings. The first kappa shape index (κ1) is 11.9. The van der Waals surface area contributed by atoms with Crippen LogP contribution in [0.5, 0.6) is 0 Å². The smallest absolute Gasteiger partial charge is 0.154 e. The van der Waals surface area contributed by atoms with E-state index < -0.39 is 9.84 Å². The average molecular weight is 226 g/mol. The van der Waals surface area contributed by atoms with Gasteiger partial charge in [0.2, 0.25) is 0 Å². The van der Waals surface area contributed by atoms with E-state index in [4.69, 9.17) is 0 Å². The molecule has 3 nitrogen and oxygen atoms in total. The SMILES string of the molecule is Cc1ccc(CC(=O)CS(C)(=O)=O)cc1. The van der Waals surface area contributed by atoms with Gasteiger partial charge in [-0.2, -0.15) is 0 Å². The van der Waals surface area contributed by atoms with E-state index in [1.807, 2.05) is 31.2 Å². The Hall–Kier alpha value is -1.16. The van der Waals surface area contributed by atoms with E-state index in [0.29, 0.717) is 0 Å². The number of carbonyl (C=O) groups is 1. The van der Waals surface area contributed by atoms with Crippen LogP contribution in [0, 0.1) is 6.92 Å². The molecule has 0 saturated carbocycles. The van der Waals surface area contributed by atoms with Gasteiger partial charge in [-0.3, -0.25) is 4.79 Å². The summed E-state index contributed by atoms with van der Waals surface area (Å²) < 4.78 is 21.7. The molecule has 0 N–H and O–H groups in total. The van der Waals surface area contributed by atoms with E-state index in [2.05, 4.69) is 0 Å². The third-order valence-electron chi connectivity index (χ3n) is 1.95. The van der Waals surface area contributed by atoms with Gasteiger partial charge in [0.1, 0.15) is 5.75 Å². The van der Waals surface area contributed by atoms with Crippen LogP contribution in [0.1, 0.15) is 11.1 Å². The van der Waals surface area contributed by atoms with Crippen LogP contribution in [0.2, 0.25) is 0 Å². The highest BCUT2D eigenvalue weighted by molar-refractivity contribution is 7.91. The van der Waals surface area contributed by atoms with E-state index >= 15 is 0 Å². The first-order chi connectivity index (χ1) is 6.87. The van der Waals surface area contributed by atoms with Crippen molar-refractivity contribution in [1.29, 1.82) is 0 Å². The maximum atomic E-state index is 11.3. The van der Waals surface area contributed by atoms with Gasteiger partial charge in [-0.25, -0.2) is 8.42 Å². The monoisotopic (exact) mass is 226 g/mol. The lowest BCUT2D eigenvalue weighted by molar-refractivity contribution is -0.116. The van der Waals surface area contributed by atoms with Gasteiger partial charge in [0.15, 0.2) is 15.6 Å². The number of sulfone groups is 1. The summed E-state index contributed by atoms with van der Waals surface area (Å²) >= 11 is 0. The highest BCUT2D eigenvalue weighted by Gasteiger charge is 2.11. The van der Waals surface area contributed by atoms with Gasteiger partial charge in [-0.15, -0.1) is 0 Å². The summed E-state index contributed by atoms with van der Waals surface area (Å²) in [6.45, 7) is 1.96. The van der Waals surface area contributed by atoms with Crippen molar-refractivity contribution >= 4 is 15.6 Å². The van der Waals surface area contributed by atoms with Crippen molar-refractivity contribution < 1.29 is 13.2 Å². The quantitative estimate of drug-likeness (QED) is 0.774. The molecule has 82 valence electrons. The molecule has 1 aromatic rings. The summed E-state index contributed by atoms with van der Waals surface area (Å²) in [4.78, 5) is 11.3. The van der Waals surface area contributed by atoms with Gasteiger partial charge >= 0.3 is 0 Å². The molecule has 0 aliphatic rings. The first-order valence-electron chi connectivity index (χ1n) is 4.62. The summed E-state index contributed by atoms with van der Waals surface area (Å²) in [5.41, 5.74) is 1.98. The molecule has 0 heterocycles. The Balaban J connectivity index is 2.63. The molecule has 0 spiro atoms. The Labute approximate surface area is 90.0 Å². The van der Waals surface area contributed by atoms with Crippen molar-refractivity contribution in [2.24, 2.45) is 0 Å². The summed E-state index contributed by atoms with van der Waals surface area (Å²) in [6.07, 6.45) is 1.26. The minimum absolute atomic E-state index is 0.188. The normalized spacial score (nSPS) is 11.3. The highest BCUT2D eigenvalue weighted by atomic mass is 32.2. The van der Waals surface area contributed by atoms with Crippen molar-refractivity contribution in [3.05, 3.63) is 35.4 Å². The summed E-state index contributed by atoms with van der Waals surface area (Å²) in [5, 5.41) is 0. The maximum Gasteiger partial charge on any atom is 0.154 e. The number of hydrogen-bond acceptors (Lipinski definition) is 3. The zero-order valence-corrected chi connectivity index (χ0v) is 9.67. The second-order valence-electron chi connectivity index (χ2n) is 3.77. The van der Waals surface area contributed by atoms with Gasteiger partial charge in [0.05, 0.1) is 0 Å². The number of Topliss-reactive ketones (excluding diaryl/α,β-unsaturated/α-hetero) is 1. The van der Waals surface area contributed by atoms with Crippen LogP contribution in [-0.2, 0) is 21.1 Å². The van der Waals surface area contributed by atoms with Gasteiger partial charge in [0.25, 0.3) is 0 Å². The first-order valence-corrected chi connectivity index (χ1v) is 6.68. The van der Waals surface area contributed by atoms with Gasteiger partial charge < -0.3 is 0 Å². The zero-order valence-electron chi connectivity index (χ0n) is 8.86. The fourth-order valence-electron chi connectivity index (χ4n) is 1.28. The Bertz CT molecular complexity index is 443. The third-order valence-corrected chi connectivity index (χ3v) is 2.79. The van der Waals surface area contributed by atoms with E-state index in [1.165, 1.54) is 0 Å². The molecule has 4 heteroatoms. The number of carbonyl (C=O) groups excluding carboxylic acids is 1. The van der Waals surface area contributed by atoms with Crippen molar-refractivity contribution in [1.82, 2.24) is 0 Å². The van der Waals surface area contributed by atoms with E-state index in [-0.39, 0.29) is 18.0 Å². The molecular formula is C11H14O3S. The predicted octanol–water partition coefficient (Wildman–Crippen LogP) is 1.15. The highest BCUT2D eigenvalue weighted by Crippen LogP contribution is 2.04. The van der Waals surface area contributed by atoms with Crippen LogP contribution in [0.3, 0.4) is 0 Å². The Morgan fingerprint density at radius 1 is 1.20 bits per heavy atom. The minimum Gasteiger partial charge on any atom is -0.298 e. The molecule has 0 aliphatic carbocycles. The molecule has 0 radical (unpaired) electrons. The molecule has 0 atom stereocenters. The Morgan fingerprint density at radius 3 is 2.20 bits per heavy atom. The van der Waals surface area contributed by atoms with E-state index in [1.54, 1.807) is 0 Å². The molecule has 0 amide bonds. The standard InChI is InChI=1S/C11H14O3S/c1-9-3-5-10(6-4-9)7-11(12)8-15(2,13)14/h3-6H,7-8H2,1-2H3. The molecule has 1 aromatic carbocycles. The Kier molecular flexibility index (Phi) is 3.63. The Morgan fingerprint density at radius 2 is 1.73 bits per heavy atom. The summed E-state index contributed by atoms with van der Waals surface area (Å²) in [6, 6.07) is 7.50. The molecule has 0 bridgehead atoms. The molecule has 0 aromatic heterocycles. The van der Waals surface area contributed by atoms with Crippen LogP contribution in [-0.4, -0.2) is 26.2 Å². The number of benzene rings is 1. The lowest BCUT2D eigenvalue weighted by Crippen LogP contribution is -2.16. The molecule has 0 saturated heterocycles. The van der Waals surface area contributed by atoms with E-state index in [9.17, 15) is 13.2 Å². The second-order valence-corrected chi connectivity index (χ2v) is 5.91. The van der Waals surface area contributed by atoms with Gasteiger partial charge in [0, 0.05) is 12.7 Å².